The number of para-hydroxylation sites is 1. The van der Waals surface area contributed by atoms with Gasteiger partial charge in [-0.1, -0.05) is 35.5 Å². The zero-order valence-corrected chi connectivity index (χ0v) is 18.9. The zero-order chi connectivity index (χ0) is 24.2. The van der Waals surface area contributed by atoms with Crippen LogP contribution >= 0.6 is 0 Å². The third kappa shape index (κ3) is 4.10. The van der Waals surface area contributed by atoms with Gasteiger partial charge in [0.1, 0.15) is 11.4 Å². The van der Waals surface area contributed by atoms with Gasteiger partial charge in [0.05, 0.1) is 17.4 Å². The molecule has 0 amide bonds. The molecule has 2 fully saturated rings. The molecule has 6 rings (SSSR count). The number of benzene rings is 2. The summed E-state index contributed by atoms with van der Waals surface area (Å²) in [6, 6.07) is 16.2. The number of rotatable bonds is 5. The molecule has 0 spiro atoms. The Morgan fingerprint density at radius 3 is 2.46 bits per heavy atom. The SMILES string of the molecule is OC(CN1C2CC[C@@H]1C[C@H](c1ccc(-n3cc(-c4n[nH]c5ccccc45)nn3)cc1)C2)C(F)(F)F. The maximum atomic E-state index is 12.9. The first-order chi connectivity index (χ1) is 16.9. The lowest BCUT2D eigenvalue weighted by Gasteiger charge is -2.40. The Labute approximate surface area is 199 Å². The van der Waals surface area contributed by atoms with Gasteiger partial charge in [-0.25, -0.2) is 4.68 Å². The average molecular weight is 483 g/mol. The molecule has 4 atom stereocenters. The van der Waals surface area contributed by atoms with E-state index >= 15 is 0 Å². The number of aromatic nitrogens is 5. The summed E-state index contributed by atoms with van der Waals surface area (Å²) in [5, 5.41) is 26.5. The van der Waals surface area contributed by atoms with Gasteiger partial charge in [0.15, 0.2) is 6.10 Å². The second-order valence-corrected chi connectivity index (χ2v) is 9.57. The van der Waals surface area contributed by atoms with Crippen molar-refractivity contribution in [3.05, 3.63) is 60.3 Å². The van der Waals surface area contributed by atoms with Gasteiger partial charge in [0.2, 0.25) is 0 Å². The number of fused-ring (bicyclic) bond motifs is 3. The first kappa shape index (κ1) is 22.2. The van der Waals surface area contributed by atoms with Crippen molar-refractivity contribution in [3.8, 4) is 17.1 Å². The lowest BCUT2D eigenvalue weighted by atomic mass is 9.85. The number of hydrogen-bond donors (Lipinski definition) is 2. The van der Waals surface area contributed by atoms with Crippen molar-refractivity contribution in [2.75, 3.05) is 6.54 Å². The van der Waals surface area contributed by atoms with E-state index in [1.165, 1.54) is 5.56 Å². The van der Waals surface area contributed by atoms with Gasteiger partial charge in [-0.2, -0.15) is 18.3 Å². The van der Waals surface area contributed by atoms with E-state index in [9.17, 15) is 18.3 Å². The van der Waals surface area contributed by atoms with Gasteiger partial charge in [-0.15, -0.1) is 5.10 Å². The number of H-pyrrole nitrogens is 1. The van der Waals surface area contributed by atoms with Crippen LogP contribution in [0.25, 0.3) is 28.0 Å². The molecule has 2 bridgehead atoms. The average Bonchev–Trinajstić information content (AvgIpc) is 3.54. The van der Waals surface area contributed by atoms with Crippen LogP contribution < -0.4 is 0 Å². The highest BCUT2D eigenvalue weighted by molar-refractivity contribution is 5.91. The van der Waals surface area contributed by atoms with Crippen LogP contribution in [-0.2, 0) is 0 Å². The molecule has 10 heteroatoms. The molecule has 2 aromatic heterocycles. The minimum Gasteiger partial charge on any atom is -0.382 e. The van der Waals surface area contributed by atoms with Gasteiger partial charge < -0.3 is 5.11 Å². The van der Waals surface area contributed by atoms with Crippen LogP contribution in [0.1, 0.15) is 37.2 Å². The topological polar surface area (TPSA) is 82.9 Å². The van der Waals surface area contributed by atoms with Gasteiger partial charge >= 0.3 is 6.18 Å². The Balaban J connectivity index is 1.16. The number of aliphatic hydroxyl groups is 1. The predicted octanol–water partition coefficient (Wildman–Crippen LogP) is 4.44. The molecule has 35 heavy (non-hydrogen) atoms. The summed E-state index contributed by atoms with van der Waals surface area (Å²) in [5.74, 6) is 0.294. The monoisotopic (exact) mass is 482 g/mol. The van der Waals surface area contributed by atoms with Crippen molar-refractivity contribution in [1.82, 2.24) is 30.1 Å². The number of nitrogens with zero attached hydrogens (tertiary/aromatic N) is 5. The van der Waals surface area contributed by atoms with Crippen LogP contribution in [0.15, 0.2) is 54.7 Å². The van der Waals surface area contributed by atoms with E-state index in [0.717, 1.165) is 48.0 Å². The van der Waals surface area contributed by atoms with Crippen molar-refractivity contribution in [2.24, 2.45) is 0 Å². The summed E-state index contributed by atoms with van der Waals surface area (Å²) >= 11 is 0. The third-order valence-corrected chi connectivity index (χ3v) is 7.48. The summed E-state index contributed by atoms with van der Waals surface area (Å²) < 4.78 is 40.3. The molecule has 2 aliphatic heterocycles. The van der Waals surface area contributed by atoms with E-state index in [4.69, 9.17) is 0 Å². The number of alkyl halides is 3. The number of halogens is 3. The molecule has 2 unspecified atom stereocenters. The summed E-state index contributed by atoms with van der Waals surface area (Å²) in [7, 11) is 0. The molecule has 4 heterocycles. The van der Waals surface area contributed by atoms with Gasteiger partial charge in [-0.05, 0) is 55.4 Å². The standard InChI is InChI=1S/C25H25F3N6O/c26-25(27,28)23(35)14-33-18-9-10-19(33)12-16(11-18)15-5-7-17(8-6-15)34-13-22(30-32-34)24-20-3-1-2-4-21(20)29-31-24/h1-8,13,16,18-19,23,35H,9-12,14H2,(H,29,31)/t16-,18+,19?,23?/m0/s1. The number of aromatic amines is 1. The molecule has 2 N–H and O–H groups in total. The van der Waals surface area contributed by atoms with Gasteiger partial charge in [0.25, 0.3) is 0 Å². The Hall–Kier alpha value is -3.24. The number of piperidine rings is 1. The molecule has 182 valence electrons. The first-order valence-electron chi connectivity index (χ1n) is 11.8. The fourth-order valence-electron chi connectivity index (χ4n) is 5.70. The Bertz CT molecular complexity index is 1320. The number of hydrogen-bond acceptors (Lipinski definition) is 5. The van der Waals surface area contributed by atoms with Crippen LogP contribution in [-0.4, -0.2) is 66.1 Å². The minimum atomic E-state index is -4.57. The largest absolute Gasteiger partial charge is 0.415 e. The molecule has 2 aromatic carbocycles. The fourth-order valence-corrected chi connectivity index (χ4v) is 5.70. The molecule has 2 aliphatic rings. The Kier molecular flexibility index (Phi) is 5.37. The maximum Gasteiger partial charge on any atom is 0.415 e. The normalized spacial score (nSPS) is 23.7. The molecule has 0 radical (unpaired) electrons. The summed E-state index contributed by atoms with van der Waals surface area (Å²) in [4.78, 5) is 1.87. The van der Waals surface area contributed by atoms with Crippen LogP contribution in [0.3, 0.4) is 0 Å². The van der Waals surface area contributed by atoms with Gasteiger partial charge in [-0.3, -0.25) is 10.00 Å². The van der Waals surface area contributed by atoms with Crippen molar-refractivity contribution in [3.63, 3.8) is 0 Å². The smallest absolute Gasteiger partial charge is 0.382 e. The highest BCUT2D eigenvalue weighted by Gasteiger charge is 2.46. The van der Waals surface area contributed by atoms with E-state index in [0.29, 0.717) is 11.6 Å². The van der Waals surface area contributed by atoms with Crippen LogP contribution in [0.2, 0.25) is 0 Å². The second kappa shape index (κ2) is 8.46. The Morgan fingerprint density at radius 2 is 1.74 bits per heavy atom. The summed E-state index contributed by atoms with van der Waals surface area (Å²) in [5.41, 5.74) is 4.42. The van der Waals surface area contributed by atoms with Crippen molar-refractivity contribution >= 4 is 10.9 Å². The molecule has 0 aliphatic carbocycles. The van der Waals surface area contributed by atoms with Crippen LogP contribution in [0, 0.1) is 0 Å². The number of aliphatic hydroxyl groups excluding tert-OH is 1. The zero-order valence-electron chi connectivity index (χ0n) is 18.9. The molecule has 4 aromatic rings. The van der Waals surface area contributed by atoms with E-state index in [2.05, 4.69) is 32.6 Å². The minimum absolute atomic E-state index is 0.0805. The van der Waals surface area contributed by atoms with Crippen molar-refractivity contribution in [1.29, 1.82) is 0 Å². The fraction of sp³-hybridized carbons (Fsp3) is 0.400. The molecular weight excluding hydrogens is 457 g/mol. The quantitative estimate of drug-likeness (QED) is 0.439. The highest BCUT2D eigenvalue weighted by atomic mass is 19.4. The lowest BCUT2D eigenvalue weighted by molar-refractivity contribution is -0.210. The second-order valence-electron chi connectivity index (χ2n) is 9.57. The molecular formula is C25H25F3N6O. The van der Waals surface area contributed by atoms with Gasteiger partial charge in [0, 0.05) is 24.0 Å². The summed E-state index contributed by atoms with van der Waals surface area (Å²) in [6.45, 7) is -0.329. The maximum absolute atomic E-state index is 12.9. The Morgan fingerprint density at radius 1 is 1.03 bits per heavy atom. The lowest BCUT2D eigenvalue weighted by Crippen LogP contribution is -2.49. The summed E-state index contributed by atoms with van der Waals surface area (Å²) in [6.07, 6.45) is -1.63. The molecule has 0 saturated carbocycles. The van der Waals surface area contributed by atoms with Crippen molar-refractivity contribution in [2.45, 2.75) is 56.0 Å². The van der Waals surface area contributed by atoms with E-state index in [1.54, 1.807) is 4.68 Å². The molecule has 7 nitrogen and oxygen atoms in total. The predicted molar refractivity (Wildman–Crippen MR) is 124 cm³/mol. The number of nitrogens with one attached hydrogen (secondary N) is 1. The first-order valence-corrected chi connectivity index (χ1v) is 11.8. The van der Waals surface area contributed by atoms with E-state index in [-0.39, 0.29) is 18.6 Å². The third-order valence-electron chi connectivity index (χ3n) is 7.48. The molecule has 2 saturated heterocycles. The van der Waals surface area contributed by atoms with Crippen molar-refractivity contribution < 1.29 is 18.3 Å². The highest BCUT2D eigenvalue weighted by Crippen LogP contribution is 2.43. The van der Waals surface area contributed by atoms with Crippen LogP contribution in [0.5, 0.6) is 0 Å². The van der Waals surface area contributed by atoms with E-state index < -0.39 is 12.3 Å². The van der Waals surface area contributed by atoms with Crippen LogP contribution in [0.4, 0.5) is 13.2 Å². The van der Waals surface area contributed by atoms with E-state index in [1.807, 2.05) is 47.5 Å².